The second kappa shape index (κ2) is 7.48. The second-order valence-corrected chi connectivity index (χ2v) is 5.32. The minimum absolute atomic E-state index is 0.233. The Morgan fingerprint density at radius 2 is 2.00 bits per heavy atom. The van der Waals surface area contributed by atoms with Gasteiger partial charge in [-0.15, -0.1) is 0 Å². The predicted molar refractivity (Wildman–Crippen MR) is 75.3 cm³/mol. The van der Waals surface area contributed by atoms with Crippen LogP contribution in [0.15, 0.2) is 5.16 Å². The summed E-state index contributed by atoms with van der Waals surface area (Å²) in [6, 6.07) is 0.233. The van der Waals surface area contributed by atoms with Crippen molar-refractivity contribution in [3.05, 3.63) is 0 Å². The fourth-order valence-electron chi connectivity index (χ4n) is 2.19. The number of hydrogen-bond donors (Lipinski definition) is 1. The lowest BCUT2D eigenvalue weighted by Gasteiger charge is -2.25. The molecule has 0 aromatic rings. The summed E-state index contributed by atoms with van der Waals surface area (Å²) in [5.74, 6) is 0. The van der Waals surface area contributed by atoms with Gasteiger partial charge in [-0.05, 0) is 33.1 Å². The Kier molecular flexibility index (Phi) is 6.28. The maximum absolute atomic E-state index is 11.6. The molecule has 0 heterocycles. The molecule has 1 unspecified atom stereocenters. The lowest BCUT2D eigenvalue weighted by atomic mass is 9.96. The molecule has 1 atom stereocenters. The first kappa shape index (κ1) is 16.0. The molecule has 1 saturated carbocycles. The summed E-state index contributed by atoms with van der Waals surface area (Å²) in [5, 5.41) is 6.74. The first-order valence-electron chi connectivity index (χ1n) is 7.09. The van der Waals surface area contributed by atoms with Crippen molar-refractivity contribution in [3.63, 3.8) is 0 Å². The number of ether oxygens (including phenoxy) is 1. The molecule has 0 spiro atoms. The highest BCUT2D eigenvalue weighted by Crippen LogP contribution is 2.18. The van der Waals surface area contributed by atoms with E-state index in [1.165, 1.54) is 19.3 Å². The van der Waals surface area contributed by atoms with Crippen LogP contribution in [0.1, 0.15) is 59.3 Å². The Bertz CT molecular complexity index is 319. The van der Waals surface area contributed by atoms with E-state index in [1.54, 1.807) is 14.0 Å². The monoisotopic (exact) mass is 270 g/mol. The van der Waals surface area contributed by atoms with Crippen molar-refractivity contribution in [1.82, 2.24) is 5.32 Å². The second-order valence-electron chi connectivity index (χ2n) is 5.32. The number of carbonyl (C=O) groups is 1. The Morgan fingerprint density at radius 3 is 2.53 bits per heavy atom. The highest BCUT2D eigenvalue weighted by Gasteiger charge is 2.26. The number of carbonyl (C=O) groups excluding carboxylic acids is 1. The van der Waals surface area contributed by atoms with E-state index < -0.39 is 11.7 Å². The van der Waals surface area contributed by atoms with Crippen molar-refractivity contribution in [2.45, 2.75) is 70.9 Å². The van der Waals surface area contributed by atoms with E-state index in [9.17, 15) is 4.79 Å². The lowest BCUT2D eigenvalue weighted by molar-refractivity contribution is 0.0581. The Balaban J connectivity index is 2.43. The van der Waals surface area contributed by atoms with Crippen molar-refractivity contribution < 1.29 is 14.4 Å². The summed E-state index contributed by atoms with van der Waals surface area (Å²) in [5.41, 5.74) is 0.182. The van der Waals surface area contributed by atoms with E-state index in [1.807, 2.05) is 13.8 Å². The fourth-order valence-corrected chi connectivity index (χ4v) is 2.19. The van der Waals surface area contributed by atoms with Crippen LogP contribution in [-0.4, -0.2) is 30.6 Å². The van der Waals surface area contributed by atoms with Crippen LogP contribution in [0.5, 0.6) is 0 Å². The van der Waals surface area contributed by atoms with Crippen molar-refractivity contribution in [3.8, 4) is 0 Å². The molecule has 1 amide bonds. The van der Waals surface area contributed by atoms with Gasteiger partial charge in [-0.2, -0.15) is 0 Å². The van der Waals surface area contributed by atoms with Gasteiger partial charge in [-0.1, -0.05) is 31.3 Å². The van der Waals surface area contributed by atoms with E-state index >= 15 is 0 Å². The molecule has 19 heavy (non-hydrogen) atoms. The van der Waals surface area contributed by atoms with Crippen molar-refractivity contribution in [2.24, 2.45) is 5.16 Å². The molecule has 1 fully saturated rings. The number of nitrogens with one attached hydrogen (secondary N) is 1. The number of methoxy groups -OCH3 is 1. The molecular weight excluding hydrogens is 244 g/mol. The van der Waals surface area contributed by atoms with Crippen LogP contribution in [0.2, 0.25) is 0 Å². The smallest absolute Gasteiger partial charge is 0.372 e. The van der Waals surface area contributed by atoms with Crippen LogP contribution in [-0.2, 0) is 9.57 Å². The van der Waals surface area contributed by atoms with E-state index in [-0.39, 0.29) is 6.04 Å². The largest absolute Gasteiger partial charge is 0.433 e. The number of rotatable bonds is 5. The molecule has 110 valence electrons. The molecule has 0 radical (unpaired) electrons. The van der Waals surface area contributed by atoms with Gasteiger partial charge in [-0.3, -0.25) is 4.84 Å². The van der Waals surface area contributed by atoms with Crippen molar-refractivity contribution in [2.75, 3.05) is 7.11 Å². The average Bonchev–Trinajstić information content (AvgIpc) is 2.45. The molecule has 0 bridgehead atoms. The van der Waals surface area contributed by atoms with Crippen LogP contribution in [0.25, 0.3) is 0 Å². The van der Waals surface area contributed by atoms with E-state index in [2.05, 4.69) is 10.5 Å². The molecular formula is C14H26N2O3. The van der Waals surface area contributed by atoms with Gasteiger partial charge in [0.25, 0.3) is 0 Å². The third-order valence-electron chi connectivity index (χ3n) is 4.08. The SMILES string of the molecule is CCC(C)(OC)/C(C)=N\OC(=O)NC1CCCCC1. The van der Waals surface area contributed by atoms with Gasteiger partial charge in [0.05, 0.1) is 5.71 Å². The molecule has 0 aromatic heterocycles. The van der Waals surface area contributed by atoms with Gasteiger partial charge in [0, 0.05) is 13.2 Å². The standard InChI is InChI=1S/C14H26N2O3/c1-5-14(3,18-4)11(2)16-19-13(17)15-12-9-7-6-8-10-12/h12H,5-10H2,1-4H3,(H,15,17)/b16-11-. The quantitative estimate of drug-likeness (QED) is 0.474. The van der Waals surface area contributed by atoms with Gasteiger partial charge < -0.3 is 10.1 Å². The highest BCUT2D eigenvalue weighted by molar-refractivity contribution is 5.90. The molecule has 1 aliphatic rings. The third kappa shape index (κ3) is 4.82. The number of oxime groups is 1. The molecule has 0 saturated heterocycles. The summed E-state index contributed by atoms with van der Waals surface area (Å²) < 4.78 is 5.39. The molecule has 1 N–H and O–H groups in total. The van der Waals surface area contributed by atoms with Crippen LogP contribution >= 0.6 is 0 Å². The van der Waals surface area contributed by atoms with Gasteiger partial charge >= 0.3 is 6.09 Å². The lowest BCUT2D eigenvalue weighted by Crippen LogP contribution is -2.37. The van der Waals surface area contributed by atoms with Gasteiger partial charge in [-0.25, -0.2) is 4.79 Å². The summed E-state index contributed by atoms with van der Waals surface area (Å²) in [6.45, 7) is 5.74. The molecule has 1 rings (SSSR count). The summed E-state index contributed by atoms with van der Waals surface area (Å²) in [7, 11) is 1.63. The summed E-state index contributed by atoms with van der Waals surface area (Å²) in [6.07, 6.45) is 5.96. The minimum Gasteiger partial charge on any atom is -0.372 e. The van der Waals surface area contributed by atoms with Gasteiger partial charge in [0.1, 0.15) is 5.60 Å². The van der Waals surface area contributed by atoms with Gasteiger partial charge in [0.15, 0.2) is 0 Å². The van der Waals surface area contributed by atoms with Crippen molar-refractivity contribution in [1.29, 1.82) is 0 Å². The minimum atomic E-state index is -0.481. The van der Waals surface area contributed by atoms with E-state index in [0.717, 1.165) is 19.3 Å². The first-order chi connectivity index (χ1) is 9.01. The molecule has 0 aliphatic heterocycles. The first-order valence-corrected chi connectivity index (χ1v) is 7.09. The van der Waals surface area contributed by atoms with E-state index in [4.69, 9.17) is 9.57 Å². The van der Waals surface area contributed by atoms with E-state index in [0.29, 0.717) is 5.71 Å². The number of amides is 1. The fraction of sp³-hybridized carbons (Fsp3) is 0.857. The Morgan fingerprint density at radius 1 is 1.37 bits per heavy atom. The number of hydrogen-bond acceptors (Lipinski definition) is 4. The zero-order valence-electron chi connectivity index (χ0n) is 12.5. The van der Waals surface area contributed by atoms with Crippen LogP contribution in [0.4, 0.5) is 4.79 Å². The maximum Gasteiger partial charge on any atom is 0.433 e. The zero-order chi connectivity index (χ0) is 14.3. The third-order valence-corrected chi connectivity index (χ3v) is 4.08. The van der Waals surface area contributed by atoms with Crippen LogP contribution in [0, 0.1) is 0 Å². The topological polar surface area (TPSA) is 59.9 Å². The normalized spacial score (nSPS) is 20.7. The number of nitrogens with zero attached hydrogens (tertiary/aromatic N) is 1. The van der Waals surface area contributed by atoms with Crippen LogP contribution in [0.3, 0.4) is 0 Å². The summed E-state index contributed by atoms with van der Waals surface area (Å²) in [4.78, 5) is 16.6. The molecule has 5 heteroatoms. The Labute approximate surface area is 115 Å². The Hall–Kier alpha value is -1.10. The van der Waals surface area contributed by atoms with Crippen LogP contribution < -0.4 is 5.32 Å². The molecule has 5 nitrogen and oxygen atoms in total. The molecule has 0 aromatic carbocycles. The molecule has 1 aliphatic carbocycles. The average molecular weight is 270 g/mol. The highest BCUT2D eigenvalue weighted by atomic mass is 16.7. The zero-order valence-corrected chi connectivity index (χ0v) is 12.5. The summed E-state index contributed by atoms with van der Waals surface area (Å²) >= 11 is 0. The van der Waals surface area contributed by atoms with Gasteiger partial charge in [0.2, 0.25) is 0 Å². The predicted octanol–water partition coefficient (Wildman–Crippen LogP) is 3.24. The van der Waals surface area contributed by atoms with Crippen molar-refractivity contribution >= 4 is 11.8 Å². The maximum atomic E-state index is 11.6.